The van der Waals surface area contributed by atoms with Crippen molar-refractivity contribution in [2.45, 2.75) is 23.0 Å². The summed E-state index contributed by atoms with van der Waals surface area (Å²) >= 11 is 2.45. The first-order chi connectivity index (χ1) is 22.4. The van der Waals surface area contributed by atoms with Gasteiger partial charge in [-0.1, -0.05) is 96.2 Å². The first kappa shape index (κ1) is 30.8. The third-order valence-corrected chi connectivity index (χ3v) is 9.88. The van der Waals surface area contributed by atoms with Gasteiger partial charge < -0.3 is 25.5 Å². The molecule has 11 nitrogen and oxygen atoms in total. The SMILES string of the molecule is CON=C(C(=O)NC1C(=O)N2C(C(=O)O)C(=C=O)CS[C@@H]12)c1csc(NC(c2ccccc2)(c2ccccc2)c2ccccc2)n1. The number of hydrogen-bond donors (Lipinski definition) is 3. The van der Waals surface area contributed by atoms with Crippen LogP contribution >= 0.6 is 23.1 Å². The Morgan fingerprint density at radius 1 is 1.00 bits per heavy atom. The molecule has 2 amide bonds. The minimum absolute atomic E-state index is 0.0337. The number of fused-ring (bicyclic) bond motifs is 1. The Balaban J connectivity index is 1.30. The van der Waals surface area contributed by atoms with E-state index in [1.54, 1.807) is 11.3 Å². The highest BCUT2D eigenvalue weighted by Gasteiger charge is 2.57. The number of β-lactam (4-membered cyclic amide) rings is 1. The summed E-state index contributed by atoms with van der Waals surface area (Å²) < 4.78 is 0. The van der Waals surface area contributed by atoms with Crippen LogP contribution in [0, 0.1) is 0 Å². The predicted octanol–water partition coefficient (Wildman–Crippen LogP) is 3.51. The zero-order chi connectivity index (χ0) is 32.3. The summed E-state index contributed by atoms with van der Waals surface area (Å²) in [4.78, 5) is 60.4. The number of thiazole rings is 1. The normalized spacial score (nSPS) is 19.4. The van der Waals surface area contributed by atoms with E-state index >= 15 is 0 Å². The number of carboxylic acid groups (broad SMARTS) is 1. The van der Waals surface area contributed by atoms with Crippen molar-refractivity contribution in [2.75, 3.05) is 18.2 Å². The van der Waals surface area contributed by atoms with Crippen molar-refractivity contribution in [1.82, 2.24) is 15.2 Å². The molecule has 4 aromatic rings. The maximum Gasteiger partial charge on any atom is 0.331 e. The molecule has 2 aliphatic rings. The maximum absolute atomic E-state index is 13.5. The van der Waals surface area contributed by atoms with E-state index in [-0.39, 0.29) is 22.7 Å². The van der Waals surface area contributed by atoms with Gasteiger partial charge in [0.15, 0.2) is 16.9 Å². The van der Waals surface area contributed by atoms with Crippen molar-refractivity contribution in [2.24, 2.45) is 5.16 Å². The van der Waals surface area contributed by atoms with Crippen LogP contribution in [-0.2, 0) is 29.6 Å². The van der Waals surface area contributed by atoms with Gasteiger partial charge in [0.05, 0.1) is 5.57 Å². The minimum Gasteiger partial charge on any atom is -0.479 e. The standard InChI is InChI=1S/C33H27N5O6S2/c1-44-37-25(28(40)35-26-29(41)38-27(31(42)43)20(17-39)18-45-30(26)38)24-19-46-32(34-24)36-33(21-11-5-2-6-12-21,22-13-7-3-8-14-22)23-15-9-4-10-16-23/h2-16,19,26-27,30H,18H2,1H3,(H,34,36)(H,35,40)(H,42,43)/t26?,27?,30-/m0/s1. The quantitative estimate of drug-likeness (QED) is 0.0768. The van der Waals surface area contributed by atoms with Crippen LogP contribution in [0.5, 0.6) is 0 Å². The number of amides is 2. The summed E-state index contributed by atoms with van der Waals surface area (Å²) in [6.07, 6.45) is 0. The van der Waals surface area contributed by atoms with Crippen molar-refractivity contribution < 1.29 is 29.1 Å². The molecule has 13 heteroatoms. The number of nitrogens with one attached hydrogen (secondary N) is 2. The van der Waals surface area contributed by atoms with Crippen LogP contribution < -0.4 is 10.6 Å². The predicted molar refractivity (Wildman–Crippen MR) is 174 cm³/mol. The molecular formula is C33H27N5O6S2. The Morgan fingerprint density at radius 2 is 1.57 bits per heavy atom. The van der Waals surface area contributed by atoms with Crippen molar-refractivity contribution >= 4 is 57.7 Å². The molecule has 0 aliphatic carbocycles. The second-order valence-corrected chi connectivity index (χ2v) is 12.4. The molecule has 2 saturated heterocycles. The molecule has 6 rings (SSSR count). The number of benzene rings is 3. The van der Waals surface area contributed by atoms with E-state index in [0.717, 1.165) is 21.6 Å². The number of aromatic nitrogens is 1. The van der Waals surface area contributed by atoms with Crippen LogP contribution in [0.4, 0.5) is 5.13 Å². The third-order valence-electron chi connectivity index (χ3n) is 7.81. The van der Waals surface area contributed by atoms with Gasteiger partial charge in [-0.15, -0.1) is 23.1 Å². The summed E-state index contributed by atoms with van der Waals surface area (Å²) in [6.45, 7) is 0. The fraction of sp³-hybridized carbons (Fsp3) is 0.182. The Bertz CT molecular complexity index is 1750. The summed E-state index contributed by atoms with van der Waals surface area (Å²) in [5, 5.41) is 21.3. The van der Waals surface area contributed by atoms with Crippen LogP contribution in [0.25, 0.3) is 0 Å². The number of aliphatic carboxylic acids is 1. The highest BCUT2D eigenvalue weighted by Crippen LogP contribution is 2.41. The van der Waals surface area contributed by atoms with E-state index in [1.165, 1.54) is 30.2 Å². The van der Waals surface area contributed by atoms with Crippen molar-refractivity contribution in [3.63, 3.8) is 0 Å². The second-order valence-electron chi connectivity index (χ2n) is 10.4. The lowest BCUT2D eigenvalue weighted by molar-refractivity contribution is -0.159. The number of nitrogens with zero attached hydrogens (tertiary/aromatic N) is 3. The highest BCUT2D eigenvalue weighted by atomic mass is 32.2. The van der Waals surface area contributed by atoms with Crippen molar-refractivity contribution in [3.05, 3.63) is 124 Å². The molecule has 3 N–H and O–H groups in total. The van der Waals surface area contributed by atoms with Crippen LogP contribution in [0.15, 0.2) is 107 Å². The minimum atomic E-state index is -1.41. The average Bonchev–Trinajstić information content (AvgIpc) is 3.56. The molecule has 2 fully saturated rings. The first-order valence-electron chi connectivity index (χ1n) is 14.1. The van der Waals surface area contributed by atoms with Crippen molar-refractivity contribution in [1.29, 1.82) is 0 Å². The van der Waals surface area contributed by atoms with Gasteiger partial charge in [0.25, 0.3) is 5.91 Å². The number of hydrogen-bond acceptors (Lipinski definition) is 10. The topological polar surface area (TPSA) is 150 Å². The molecule has 3 heterocycles. The smallest absolute Gasteiger partial charge is 0.331 e. The van der Waals surface area contributed by atoms with Gasteiger partial charge in [0, 0.05) is 11.1 Å². The molecule has 0 spiro atoms. The molecule has 0 bridgehead atoms. The molecule has 0 radical (unpaired) electrons. The van der Waals surface area contributed by atoms with Gasteiger partial charge in [-0.3, -0.25) is 9.59 Å². The largest absolute Gasteiger partial charge is 0.479 e. The Morgan fingerprint density at radius 3 is 2.07 bits per heavy atom. The molecule has 2 aliphatic heterocycles. The molecule has 1 aromatic heterocycles. The molecule has 3 atom stereocenters. The van der Waals surface area contributed by atoms with Gasteiger partial charge in [0.2, 0.25) is 5.91 Å². The number of oxime groups is 1. The van der Waals surface area contributed by atoms with E-state index in [4.69, 9.17) is 9.82 Å². The monoisotopic (exact) mass is 653 g/mol. The number of carbonyl (C=O) groups excluding carboxylic acids is 3. The Hall–Kier alpha value is -5.23. The van der Waals surface area contributed by atoms with Gasteiger partial charge in [-0.05, 0) is 16.7 Å². The average molecular weight is 654 g/mol. The van der Waals surface area contributed by atoms with E-state index in [2.05, 4.69) is 15.8 Å². The number of rotatable bonds is 10. The molecule has 2 unspecified atom stereocenters. The fourth-order valence-electron chi connectivity index (χ4n) is 5.73. The Labute approximate surface area is 272 Å². The maximum atomic E-state index is 13.5. The van der Waals surface area contributed by atoms with Crippen LogP contribution in [0.1, 0.15) is 22.4 Å². The summed E-state index contributed by atoms with van der Waals surface area (Å²) in [6, 6.07) is 27.5. The van der Waals surface area contributed by atoms with Gasteiger partial charge in [-0.25, -0.2) is 14.6 Å². The van der Waals surface area contributed by atoms with Crippen LogP contribution in [0.3, 0.4) is 0 Å². The summed E-state index contributed by atoms with van der Waals surface area (Å²) in [7, 11) is 1.29. The molecule has 232 valence electrons. The number of carboxylic acids is 1. The fourth-order valence-corrected chi connectivity index (χ4v) is 7.81. The van der Waals surface area contributed by atoms with E-state index < -0.39 is 40.8 Å². The Kier molecular flexibility index (Phi) is 8.71. The van der Waals surface area contributed by atoms with E-state index in [1.807, 2.05) is 91.0 Å². The summed E-state index contributed by atoms with van der Waals surface area (Å²) in [5.41, 5.74) is 2.08. The lowest BCUT2D eigenvalue weighted by Crippen LogP contribution is -2.75. The number of carbonyl (C=O) groups is 3. The zero-order valence-electron chi connectivity index (χ0n) is 24.3. The van der Waals surface area contributed by atoms with Gasteiger partial charge >= 0.3 is 5.97 Å². The molecule has 46 heavy (non-hydrogen) atoms. The third kappa shape index (κ3) is 5.45. The number of thioether (sulfide) groups is 1. The van der Waals surface area contributed by atoms with Crippen LogP contribution in [-0.4, -0.2) is 74.7 Å². The molecule has 0 saturated carbocycles. The molecular weight excluding hydrogens is 627 g/mol. The summed E-state index contributed by atoms with van der Waals surface area (Å²) in [5.74, 6) is -0.961. The lowest BCUT2D eigenvalue weighted by atomic mass is 9.77. The van der Waals surface area contributed by atoms with Crippen molar-refractivity contribution in [3.8, 4) is 0 Å². The highest BCUT2D eigenvalue weighted by molar-refractivity contribution is 8.00. The first-order valence-corrected chi connectivity index (χ1v) is 16.0. The zero-order valence-corrected chi connectivity index (χ0v) is 26.0. The van der Waals surface area contributed by atoms with Gasteiger partial charge in [0.1, 0.15) is 35.7 Å². The molecule has 3 aromatic carbocycles. The van der Waals surface area contributed by atoms with Crippen LogP contribution in [0.2, 0.25) is 0 Å². The van der Waals surface area contributed by atoms with E-state index in [0.29, 0.717) is 5.13 Å². The van der Waals surface area contributed by atoms with Gasteiger partial charge in [-0.2, -0.15) is 0 Å². The second kappa shape index (κ2) is 13.0. The number of anilines is 1. The lowest BCUT2D eigenvalue weighted by Gasteiger charge is -2.51. The van der Waals surface area contributed by atoms with E-state index in [9.17, 15) is 24.3 Å².